The number of hydrogen-bond acceptors (Lipinski definition) is 3. The van der Waals surface area contributed by atoms with E-state index in [1.807, 2.05) is 0 Å². The van der Waals surface area contributed by atoms with E-state index in [0.717, 1.165) is 19.5 Å². The van der Waals surface area contributed by atoms with Crippen LogP contribution in [0.3, 0.4) is 0 Å². The van der Waals surface area contributed by atoms with Crippen LogP contribution in [-0.4, -0.2) is 45.4 Å². The fraction of sp³-hybridized carbons (Fsp3) is 1.00. The quantitative estimate of drug-likeness (QED) is 0.674. The van der Waals surface area contributed by atoms with Crippen LogP contribution in [0.25, 0.3) is 0 Å². The molecule has 0 amide bonds. The first-order valence-corrected chi connectivity index (χ1v) is 6.96. The largest absolute Gasteiger partial charge is 0.315 e. The minimum Gasteiger partial charge on any atom is -0.315 e. The van der Waals surface area contributed by atoms with Gasteiger partial charge in [-0.25, -0.2) is 0 Å². The monoisotopic (exact) mass is 233 g/mol. The van der Waals surface area contributed by atoms with Crippen molar-refractivity contribution in [3.05, 3.63) is 0 Å². The Balaban J connectivity index is 1.86. The van der Waals surface area contributed by atoms with Crippen molar-refractivity contribution in [1.82, 2.24) is 14.3 Å². The maximum absolute atomic E-state index is 11.8. The van der Waals surface area contributed by atoms with Gasteiger partial charge >= 0.3 is 0 Å². The van der Waals surface area contributed by atoms with Gasteiger partial charge < -0.3 is 5.32 Å². The lowest BCUT2D eigenvalue weighted by atomic mass is 10.3. The minimum atomic E-state index is -3.26. The third-order valence-electron chi connectivity index (χ3n) is 3.00. The lowest BCUT2D eigenvalue weighted by molar-refractivity contribution is 0.435. The molecule has 2 N–H and O–H groups in total. The summed E-state index contributed by atoms with van der Waals surface area (Å²) in [7, 11) is -1.60. The van der Waals surface area contributed by atoms with Crippen LogP contribution in [0.15, 0.2) is 0 Å². The summed E-state index contributed by atoms with van der Waals surface area (Å²) in [6.07, 6.45) is 3.23. The molecule has 2 fully saturated rings. The summed E-state index contributed by atoms with van der Waals surface area (Å²) in [5.41, 5.74) is 0. The van der Waals surface area contributed by atoms with E-state index in [0.29, 0.717) is 12.5 Å². The van der Waals surface area contributed by atoms with Gasteiger partial charge in [0.05, 0.1) is 0 Å². The van der Waals surface area contributed by atoms with Crippen LogP contribution in [0.5, 0.6) is 0 Å². The number of nitrogens with zero attached hydrogens (tertiary/aromatic N) is 1. The molecule has 1 heterocycles. The van der Waals surface area contributed by atoms with Crippen LogP contribution >= 0.6 is 0 Å². The Bertz CT molecular complexity index is 307. The van der Waals surface area contributed by atoms with E-state index in [1.165, 1.54) is 17.1 Å². The van der Waals surface area contributed by atoms with Gasteiger partial charge in [0.25, 0.3) is 10.2 Å². The molecule has 0 aromatic rings. The topological polar surface area (TPSA) is 61.4 Å². The standard InChI is InChI=1S/C9H19N3O2S/c1-12(7-8-2-3-8)15(13,14)11-9-4-5-10-6-9/h8-11H,2-7H2,1H3. The predicted octanol–water partition coefficient (Wildman–Crippen LogP) is -0.475. The zero-order valence-corrected chi connectivity index (χ0v) is 9.89. The van der Waals surface area contributed by atoms with Gasteiger partial charge in [0.1, 0.15) is 0 Å². The summed E-state index contributed by atoms with van der Waals surface area (Å²) in [5, 5.41) is 3.14. The lowest BCUT2D eigenvalue weighted by Crippen LogP contribution is -2.45. The fourth-order valence-corrected chi connectivity index (χ4v) is 3.03. The van der Waals surface area contributed by atoms with Gasteiger partial charge in [-0.05, 0) is 31.7 Å². The Hall–Kier alpha value is -0.170. The van der Waals surface area contributed by atoms with Crippen molar-refractivity contribution >= 4 is 10.2 Å². The molecule has 0 aromatic carbocycles. The van der Waals surface area contributed by atoms with E-state index in [-0.39, 0.29) is 6.04 Å². The van der Waals surface area contributed by atoms with E-state index in [9.17, 15) is 8.42 Å². The van der Waals surface area contributed by atoms with Crippen LogP contribution in [0.2, 0.25) is 0 Å². The molecule has 1 aliphatic carbocycles. The molecule has 0 radical (unpaired) electrons. The minimum absolute atomic E-state index is 0.0663. The van der Waals surface area contributed by atoms with E-state index < -0.39 is 10.2 Å². The Labute approximate surface area is 91.4 Å². The molecule has 5 nitrogen and oxygen atoms in total. The molecule has 1 saturated heterocycles. The fourth-order valence-electron chi connectivity index (χ4n) is 1.82. The highest BCUT2D eigenvalue weighted by Crippen LogP contribution is 2.29. The van der Waals surface area contributed by atoms with Crippen molar-refractivity contribution in [1.29, 1.82) is 0 Å². The highest BCUT2D eigenvalue weighted by atomic mass is 32.2. The van der Waals surface area contributed by atoms with E-state index >= 15 is 0 Å². The Kier molecular flexibility index (Phi) is 3.30. The molecule has 1 saturated carbocycles. The van der Waals surface area contributed by atoms with Crippen molar-refractivity contribution in [2.45, 2.75) is 25.3 Å². The molecule has 0 bridgehead atoms. The van der Waals surface area contributed by atoms with Gasteiger partial charge in [-0.3, -0.25) is 0 Å². The molecule has 15 heavy (non-hydrogen) atoms. The van der Waals surface area contributed by atoms with Gasteiger partial charge in [-0.2, -0.15) is 17.4 Å². The Morgan fingerprint density at radius 2 is 2.13 bits per heavy atom. The van der Waals surface area contributed by atoms with Crippen molar-refractivity contribution < 1.29 is 8.42 Å². The van der Waals surface area contributed by atoms with E-state index in [2.05, 4.69) is 10.0 Å². The Morgan fingerprint density at radius 3 is 2.67 bits per heavy atom. The average Bonchev–Trinajstić information content (AvgIpc) is 2.82. The second-order valence-corrected chi connectivity index (χ2v) is 6.35. The van der Waals surface area contributed by atoms with E-state index in [4.69, 9.17) is 0 Å². The Morgan fingerprint density at radius 1 is 1.40 bits per heavy atom. The third-order valence-corrected chi connectivity index (χ3v) is 4.60. The first-order valence-electron chi connectivity index (χ1n) is 5.52. The molecule has 2 rings (SSSR count). The summed E-state index contributed by atoms with van der Waals surface area (Å²) < 4.78 is 27.8. The zero-order valence-electron chi connectivity index (χ0n) is 9.07. The summed E-state index contributed by atoms with van der Waals surface area (Å²) >= 11 is 0. The van der Waals surface area contributed by atoms with Gasteiger partial charge in [-0.1, -0.05) is 0 Å². The highest BCUT2D eigenvalue weighted by molar-refractivity contribution is 7.87. The van der Waals surface area contributed by atoms with Crippen molar-refractivity contribution in [2.75, 3.05) is 26.7 Å². The second kappa shape index (κ2) is 4.37. The summed E-state index contributed by atoms with van der Waals surface area (Å²) in [5.74, 6) is 0.591. The molecule has 0 spiro atoms. The van der Waals surface area contributed by atoms with Gasteiger partial charge in [0.15, 0.2) is 0 Å². The maximum Gasteiger partial charge on any atom is 0.279 e. The predicted molar refractivity (Wildman–Crippen MR) is 58.7 cm³/mol. The molecule has 1 aliphatic heterocycles. The van der Waals surface area contributed by atoms with Crippen LogP contribution in [0.4, 0.5) is 0 Å². The maximum atomic E-state index is 11.8. The molecule has 0 aromatic heterocycles. The van der Waals surface area contributed by atoms with Crippen LogP contribution in [0, 0.1) is 5.92 Å². The van der Waals surface area contributed by atoms with Crippen LogP contribution < -0.4 is 10.0 Å². The first kappa shape index (κ1) is 11.3. The average molecular weight is 233 g/mol. The van der Waals surface area contributed by atoms with Crippen LogP contribution in [-0.2, 0) is 10.2 Å². The summed E-state index contributed by atoms with van der Waals surface area (Å²) in [6, 6.07) is 0.0663. The summed E-state index contributed by atoms with van der Waals surface area (Å²) in [6.45, 7) is 2.31. The van der Waals surface area contributed by atoms with Crippen LogP contribution in [0.1, 0.15) is 19.3 Å². The van der Waals surface area contributed by atoms with E-state index in [1.54, 1.807) is 7.05 Å². The molecule has 2 aliphatic rings. The highest BCUT2D eigenvalue weighted by Gasteiger charge is 2.29. The third kappa shape index (κ3) is 3.14. The summed E-state index contributed by atoms with van der Waals surface area (Å²) in [4.78, 5) is 0. The van der Waals surface area contributed by atoms with Gasteiger partial charge in [0.2, 0.25) is 0 Å². The molecule has 6 heteroatoms. The molecular weight excluding hydrogens is 214 g/mol. The normalized spacial score (nSPS) is 27.5. The smallest absolute Gasteiger partial charge is 0.279 e. The van der Waals surface area contributed by atoms with Crippen molar-refractivity contribution in [3.63, 3.8) is 0 Å². The molecule has 1 atom stereocenters. The lowest BCUT2D eigenvalue weighted by Gasteiger charge is -2.20. The SMILES string of the molecule is CN(CC1CC1)S(=O)(=O)NC1CCNC1. The van der Waals surface area contributed by atoms with Crippen molar-refractivity contribution in [3.8, 4) is 0 Å². The van der Waals surface area contributed by atoms with Crippen molar-refractivity contribution in [2.24, 2.45) is 5.92 Å². The number of hydrogen-bond donors (Lipinski definition) is 2. The number of rotatable bonds is 5. The first-order chi connectivity index (χ1) is 7.08. The molecule has 88 valence electrons. The zero-order chi connectivity index (χ0) is 10.9. The number of nitrogens with one attached hydrogen (secondary N) is 2. The molecule has 1 unspecified atom stereocenters. The second-order valence-electron chi connectivity index (χ2n) is 4.54. The van der Waals surface area contributed by atoms with Gasteiger partial charge in [0, 0.05) is 26.2 Å². The molecular formula is C9H19N3O2S. The van der Waals surface area contributed by atoms with Gasteiger partial charge in [-0.15, -0.1) is 0 Å².